The van der Waals surface area contributed by atoms with Crippen molar-refractivity contribution < 1.29 is 9.53 Å². The van der Waals surface area contributed by atoms with Crippen molar-refractivity contribution in [3.8, 4) is 0 Å². The quantitative estimate of drug-likeness (QED) is 0.797. The lowest BCUT2D eigenvalue weighted by Crippen LogP contribution is -2.50. The fraction of sp³-hybridized carbons (Fsp3) is 0.625. The van der Waals surface area contributed by atoms with E-state index in [-0.39, 0.29) is 12.1 Å². The van der Waals surface area contributed by atoms with Crippen LogP contribution in [0.1, 0.15) is 33.6 Å². The Morgan fingerprint density at radius 3 is 2.77 bits per heavy atom. The molecule has 1 aromatic rings. The molecule has 1 saturated heterocycles. The lowest BCUT2D eigenvalue weighted by Gasteiger charge is -2.38. The molecule has 0 aromatic carbocycles. The van der Waals surface area contributed by atoms with Crippen molar-refractivity contribution in [2.24, 2.45) is 0 Å². The number of carbonyl (C=O) groups is 1. The first-order chi connectivity index (χ1) is 10.3. The van der Waals surface area contributed by atoms with Crippen LogP contribution in [-0.2, 0) is 4.74 Å². The van der Waals surface area contributed by atoms with Crippen LogP contribution in [0.15, 0.2) is 22.8 Å². The monoisotopic (exact) mass is 369 g/mol. The van der Waals surface area contributed by atoms with Crippen molar-refractivity contribution >= 4 is 27.8 Å². The van der Waals surface area contributed by atoms with E-state index >= 15 is 0 Å². The molecule has 6 heteroatoms. The largest absolute Gasteiger partial charge is 0.444 e. The van der Waals surface area contributed by atoms with Crippen molar-refractivity contribution in [1.29, 1.82) is 0 Å². The number of aromatic nitrogens is 1. The van der Waals surface area contributed by atoms with Gasteiger partial charge in [-0.05, 0) is 61.7 Å². The van der Waals surface area contributed by atoms with Gasteiger partial charge in [0.2, 0.25) is 0 Å². The van der Waals surface area contributed by atoms with E-state index in [4.69, 9.17) is 4.74 Å². The predicted molar refractivity (Wildman–Crippen MR) is 91.2 cm³/mol. The highest BCUT2D eigenvalue weighted by atomic mass is 79.9. The number of hydrogen-bond acceptors (Lipinski definition) is 4. The molecule has 0 N–H and O–H groups in total. The van der Waals surface area contributed by atoms with Crippen LogP contribution in [0.3, 0.4) is 0 Å². The highest BCUT2D eigenvalue weighted by Gasteiger charge is 2.29. The SMILES string of the molecule is CN(C(=O)OC(C)(C)C)[C@@H]1CCCN(c2ccc(Br)cn2)C1. The van der Waals surface area contributed by atoms with Gasteiger partial charge in [0, 0.05) is 30.8 Å². The summed E-state index contributed by atoms with van der Waals surface area (Å²) in [6, 6.07) is 4.14. The van der Waals surface area contributed by atoms with Gasteiger partial charge in [-0.25, -0.2) is 9.78 Å². The van der Waals surface area contributed by atoms with Crippen LogP contribution in [0, 0.1) is 0 Å². The molecule has 2 heterocycles. The summed E-state index contributed by atoms with van der Waals surface area (Å²) in [5.41, 5.74) is -0.465. The Hall–Kier alpha value is -1.30. The summed E-state index contributed by atoms with van der Waals surface area (Å²) >= 11 is 3.40. The smallest absolute Gasteiger partial charge is 0.410 e. The molecule has 0 unspecified atom stereocenters. The molecule has 0 saturated carbocycles. The second kappa shape index (κ2) is 6.86. The first-order valence-corrected chi connectivity index (χ1v) is 8.38. The van der Waals surface area contributed by atoms with E-state index in [1.165, 1.54) is 0 Å². The van der Waals surface area contributed by atoms with Crippen LogP contribution in [0.4, 0.5) is 10.6 Å². The zero-order valence-electron chi connectivity index (χ0n) is 13.7. The standard InChI is InChI=1S/C16H24BrN3O2/c1-16(2,3)22-15(21)19(4)13-6-5-9-20(11-13)14-8-7-12(17)10-18-14/h7-8,10,13H,5-6,9,11H2,1-4H3/t13-/m1/s1. The lowest BCUT2D eigenvalue weighted by atomic mass is 10.0. The van der Waals surface area contributed by atoms with Gasteiger partial charge in [-0.1, -0.05) is 0 Å². The minimum atomic E-state index is -0.465. The fourth-order valence-corrected chi connectivity index (χ4v) is 2.75. The summed E-state index contributed by atoms with van der Waals surface area (Å²) in [5, 5.41) is 0. The van der Waals surface area contributed by atoms with Gasteiger partial charge in [0.1, 0.15) is 11.4 Å². The van der Waals surface area contributed by atoms with Gasteiger partial charge >= 0.3 is 6.09 Å². The van der Waals surface area contributed by atoms with E-state index in [1.54, 1.807) is 11.1 Å². The van der Waals surface area contributed by atoms with Crippen LogP contribution >= 0.6 is 15.9 Å². The van der Waals surface area contributed by atoms with Crippen molar-refractivity contribution in [2.75, 3.05) is 25.0 Å². The zero-order chi connectivity index (χ0) is 16.3. The predicted octanol–water partition coefficient (Wildman–Crippen LogP) is 3.68. The normalized spacial score (nSPS) is 19.0. The van der Waals surface area contributed by atoms with Crippen LogP contribution in [0.25, 0.3) is 0 Å². The number of amides is 1. The topological polar surface area (TPSA) is 45.7 Å². The number of piperidine rings is 1. The number of pyridine rings is 1. The second-order valence-electron chi connectivity index (χ2n) is 6.67. The Labute approximate surface area is 140 Å². The Kier molecular flexibility index (Phi) is 5.32. The molecule has 2 rings (SSSR count). The maximum Gasteiger partial charge on any atom is 0.410 e. The average molecular weight is 370 g/mol. The molecule has 1 aliphatic heterocycles. The molecule has 0 aliphatic carbocycles. The summed E-state index contributed by atoms with van der Waals surface area (Å²) in [5.74, 6) is 0.950. The molecule has 1 aliphatic rings. The second-order valence-corrected chi connectivity index (χ2v) is 7.58. The molecular weight excluding hydrogens is 346 g/mol. The van der Waals surface area contributed by atoms with Gasteiger partial charge in [0.15, 0.2) is 0 Å². The highest BCUT2D eigenvalue weighted by molar-refractivity contribution is 9.10. The number of nitrogens with zero attached hydrogens (tertiary/aromatic N) is 3. The maximum atomic E-state index is 12.2. The summed E-state index contributed by atoms with van der Waals surface area (Å²) in [6.45, 7) is 7.41. The van der Waals surface area contributed by atoms with Gasteiger partial charge in [-0.15, -0.1) is 0 Å². The summed E-state index contributed by atoms with van der Waals surface area (Å²) < 4.78 is 6.42. The van der Waals surface area contributed by atoms with Crippen LogP contribution in [-0.4, -0.2) is 47.8 Å². The molecule has 1 amide bonds. The molecule has 1 atom stereocenters. The summed E-state index contributed by atoms with van der Waals surface area (Å²) in [4.78, 5) is 20.6. The van der Waals surface area contributed by atoms with Gasteiger partial charge in [-0.3, -0.25) is 0 Å². The Morgan fingerprint density at radius 2 is 2.18 bits per heavy atom. The molecule has 0 spiro atoms. The van der Waals surface area contributed by atoms with E-state index in [1.807, 2.05) is 40.0 Å². The Morgan fingerprint density at radius 1 is 1.45 bits per heavy atom. The van der Waals surface area contributed by atoms with E-state index in [0.717, 1.165) is 36.2 Å². The number of ether oxygens (including phenoxy) is 1. The minimum Gasteiger partial charge on any atom is -0.444 e. The number of hydrogen-bond donors (Lipinski definition) is 0. The number of rotatable bonds is 2. The van der Waals surface area contributed by atoms with Crippen molar-refractivity contribution in [3.05, 3.63) is 22.8 Å². The molecule has 22 heavy (non-hydrogen) atoms. The van der Waals surface area contributed by atoms with E-state index in [0.29, 0.717) is 0 Å². The van der Waals surface area contributed by atoms with E-state index in [9.17, 15) is 4.79 Å². The molecule has 5 nitrogen and oxygen atoms in total. The van der Waals surface area contributed by atoms with Crippen LogP contribution in [0.5, 0.6) is 0 Å². The third-order valence-corrected chi connectivity index (χ3v) is 4.13. The molecular formula is C16H24BrN3O2. The Balaban J connectivity index is 2.00. The summed E-state index contributed by atoms with van der Waals surface area (Å²) in [6.07, 6.45) is 3.57. The minimum absolute atomic E-state index is 0.147. The fourth-order valence-electron chi connectivity index (χ4n) is 2.52. The van der Waals surface area contributed by atoms with Crippen LogP contribution in [0.2, 0.25) is 0 Å². The average Bonchev–Trinajstić information content (AvgIpc) is 2.45. The van der Waals surface area contributed by atoms with Crippen LogP contribution < -0.4 is 4.90 Å². The molecule has 0 bridgehead atoms. The number of carbonyl (C=O) groups excluding carboxylic acids is 1. The van der Waals surface area contributed by atoms with Crippen molar-refractivity contribution in [3.63, 3.8) is 0 Å². The maximum absolute atomic E-state index is 12.2. The van der Waals surface area contributed by atoms with Gasteiger partial charge in [0.25, 0.3) is 0 Å². The van der Waals surface area contributed by atoms with Gasteiger partial charge < -0.3 is 14.5 Å². The van der Waals surface area contributed by atoms with E-state index < -0.39 is 5.60 Å². The van der Waals surface area contributed by atoms with Gasteiger partial charge in [0.05, 0.1) is 6.04 Å². The Bertz CT molecular complexity index is 513. The molecule has 1 aromatic heterocycles. The number of likely N-dealkylation sites (N-methyl/N-ethyl adjacent to an activating group) is 1. The van der Waals surface area contributed by atoms with Gasteiger partial charge in [-0.2, -0.15) is 0 Å². The number of anilines is 1. The third kappa shape index (κ3) is 4.60. The molecule has 122 valence electrons. The van der Waals surface area contributed by atoms with E-state index in [2.05, 4.69) is 25.8 Å². The molecule has 1 fully saturated rings. The highest BCUT2D eigenvalue weighted by Crippen LogP contribution is 2.22. The lowest BCUT2D eigenvalue weighted by molar-refractivity contribution is 0.0209. The number of halogens is 1. The first kappa shape index (κ1) is 17.1. The zero-order valence-corrected chi connectivity index (χ0v) is 15.3. The molecule has 0 radical (unpaired) electrons. The van der Waals surface area contributed by atoms with Crippen molar-refractivity contribution in [1.82, 2.24) is 9.88 Å². The third-order valence-electron chi connectivity index (χ3n) is 3.66. The van der Waals surface area contributed by atoms with Crippen molar-refractivity contribution in [2.45, 2.75) is 45.3 Å². The summed E-state index contributed by atoms with van der Waals surface area (Å²) in [7, 11) is 1.82. The first-order valence-electron chi connectivity index (χ1n) is 7.58.